The van der Waals surface area contributed by atoms with E-state index >= 15 is 0 Å². The van der Waals surface area contributed by atoms with Gasteiger partial charge in [0.2, 0.25) is 0 Å². The number of H-pyrrole nitrogens is 1. The van der Waals surface area contributed by atoms with Gasteiger partial charge in [0.05, 0.1) is 0 Å². The first-order valence-electron chi connectivity index (χ1n) is 7.85. The van der Waals surface area contributed by atoms with Gasteiger partial charge in [0.1, 0.15) is 0 Å². The number of hydrogen-bond acceptors (Lipinski definition) is 5. The van der Waals surface area contributed by atoms with Crippen molar-refractivity contribution in [3.8, 4) is 0 Å². The summed E-state index contributed by atoms with van der Waals surface area (Å²) in [6.07, 6.45) is 0. The number of benzene rings is 1. The summed E-state index contributed by atoms with van der Waals surface area (Å²) in [5.41, 5.74) is 1.89. The maximum atomic E-state index is 12.7. The topological polar surface area (TPSA) is 90.6 Å². The van der Waals surface area contributed by atoms with Crippen LogP contribution in [0.5, 0.6) is 0 Å². The SMILES string of the molecule is Cc1ccccc1C(=O)N1CCN(S(=O)(=O)c2sc(=O)[nH]c2C)CC1. The Hall–Kier alpha value is -1.97. The Bertz CT molecular complexity index is 954. The zero-order valence-electron chi connectivity index (χ0n) is 14.0. The van der Waals surface area contributed by atoms with Crippen LogP contribution in [0.15, 0.2) is 33.3 Å². The molecule has 2 heterocycles. The van der Waals surface area contributed by atoms with Gasteiger partial charge in [-0.25, -0.2) is 8.42 Å². The minimum atomic E-state index is -3.71. The van der Waals surface area contributed by atoms with E-state index in [0.717, 1.165) is 5.56 Å². The zero-order valence-corrected chi connectivity index (χ0v) is 15.6. The molecule has 1 aromatic heterocycles. The van der Waals surface area contributed by atoms with Gasteiger partial charge in [-0.05, 0) is 25.5 Å². The minimum absolute atomic E-state index is 0.0520. The van der Waals surface area contributed by atoms with E-state index in [1.165, 1.54) is 4.31 Å². The summed E-state index contributed by atoms with van der Waals surface area (Å²) in [5.74, 6) is -0.0855. The van der Waals surface area contributed by atoms with E-state index in [-0.39, 0.29) is 28.1 Å². The molecule has 25 heavy (non-hydrogen) atoms. The molecule has 0 unspecified atom stereocenters. The highest BCUT2D eigenvalue weighted by Crippen LogP contribution is 2.23. The summed E-state index contributed by atoms with van der Waals surface area (Å²) in [7, 11) is -3.71. The second-order valence-corrected chi connectivity index (χ2v) is 9.05. The number of amides is 1. The molecule has 0 spiro atoms. The van der Waals surface area contributed by atoms with Crippen molar-refractivity contribution in [1.29, 1.82) is 0 Å². The number of nitrogens with zero attached hydrogens (tertiary/aromatic N) is 2. The Morgan fingerprint density at radius 3 is 2.32 bits per heavy atom. The number of carbonyl (C=O) groups is 1. The number of aromatic nitrogens is 1. The van der Waals surface area contributed by atoms with Gasteiger partial charge >= 0.3 is 4.87 Å². The van der Waals surface area contributed by atoms with Crippen molar-refractivity contribution in [1.82, 2.24) is 14.2 Å². The number of aromatic amines is 1. The number of hydrogen-bond donors (Lipinski definition) is 1. The van der Waals surface area contributed by atoms with Crippen LogP contribution in [-0.2, 0) is 10.0 Å². The predicted octanol–water partition coefficient (Wildman–Crippen LogP) is 1.20. The van der Waals surface area contributed by atoms with E-state index in [1.54, 1.807) is 17.9 Å². The largest absolute Gasteiger partial charge is 0.336 e. The third-order valence-electron chi connectivity index (χ3n) is 4.26. The highest BCUT2D eigenvalue weighted by molar-refractivity contribution is 7.91. The van der Waals surface area contributed by atoms with Crippen LogP contribution in [0, 0.1) is 13.8 Å². The number of thiazole rings is 1. The molecule has 1 aromatic carbocycles. The second-order valence-electron chi connectivity index (χ2n) is 5.94. The van der Waals surface area contributed by atoms with Gasteiger partial charge in [-0.2, -0.15) is 4.31 Å². The van der Waals surface area contributed by atoms with E-state index in [9.17, 15) is 18.0 Å². The minimum Gasteiger partial charge on any atom is -0.336 e. The molecule has 1 aliphatic heterocycles. The summed E-state index contributed by atoms with van der Waals surface area (Å²) < 4.78 is 26.8. The molecule has 0 atom stereocenters. The Morgan fingerprint density at radius 2 is 1.76 bits per heavy atom. The van der Waals surface area contributed by atoms with Crippen molar-refractivity contribution in [2.45, 2.75) is 18.1 Å². The average molecular weight is 381 g/mol. The summed E-state index contributed by atoms with van der Waals surface area (Å²) in [6.45, 7) is 4.53. The fraction of sp³-hybridized carbons (Fsp3) is 0.375. The molecule has 7 nitrogen and oxygen atoms in total. The van der Waals surface area contributed by atoms with Crippen LogP contribution in [0.1, 0.15) is 21.6 Å². The monoisotopic (exact) mass is 381 g/mol. The Morgan fingerprint density at radius 1 is 1.12 bits per heavy atom. The van der Waals surface area contributed by atoms with Gasteiger partial charge in [-0.1, -0.05) is 29.5 Å². The molecule has 134 valence electrons. The normalized spacial score (nSPS) is 16.2. The van der Waals surface area contributed by atoms with Gasteiger partial charge < -0.3 is 9.88 Å². The van der Waals surface area contributed by atoms with Crippen LogP contribution in [-0.4, -0.2) is 54.7 Å². The van der Waals surface area contributed by atoms with E-state index in [4.69, 9.17) is 0 Å². The highest BCUT2D eigenvalue weighted by atomic mass is 32.2. The molecule has 1 saturated heterocycles. The summed E-state index contributed by atoms with van der Waals surface area (Å²) in [4.78, 5) is 27.8. The summed E-state index contributed by atoms with van der Waals surface area (Å²) in [6, 6.07) is 7.35. The van der Waals surface area contributed by atoms with Crippen LogP contribution in [0.4, 0.5) is 0 Å². The molecular weight excluding hydrogens is 362 g/mol. The first-order chi connectivity index (χ1) is 11.8. The maximum Gasteiger partial charge on any atom is 0.305 e. The maximum absolute atomic E-state index is 12.7. The molecule has 0 bridgehead atoms. The molecule has 1 amide bonds. The molecule has 9 heteroatoms. The Balaban J connectivity index is 1.74. The van der Waals surface area contributed by atoms with E-state index in [0.29, 0.717) is 35.7 Å². The number of rotatable bonds is 3. The number of sulfonamides is 1. The lowest BCUT2D eigenvalue weighted by atomic mass is 10.1. The zero-order chi connectivity index (χ0) is 18.2. The van der Waals surface area contributed by atoms with Gasteiger partial charge in [-0.3, -0.25) is 9.59 Å². The quantitative estimate of drug-likeness (QED) is 0.865. The molecule has 0 saturated carbocycles. The summed E-state index contributed by atoms with van der Waals surface area (Å²) in [5, 5.41) is 0. The molecule has 1 aliphatic rings. The number of aryl methyl sites for hydroxylation is 2. The highest BCUT2D eigenvalue weighted by Gasteiger charge is 2.33. The van der Waals surface area contributed by atoms with E-state index in [1.807, 2.05) is 25.1 Å². The first-order valence-corrected chi connectivity index (χ1v) is 10.1. The molecule has 3 rings (SSSR count). The van der Waals surface area contributed by atoms with E-state index < -0.39 is 10.0 Å². The fourth-order valence-electron chi connectivity index (χ4n) is 2.87. The van der Waals surface area contributed by atoms with Crippen molar-refractivity contribution in [2.24, 2.45) is 0 Å². The number of carbonyl (C=O) groups excluding carboxylic acids is 1. The van der Waals surface area contributed by atoms with Crippen molar-refractivity contribution < 1.29 is 13.2 Å². The lowest BCUT2D eigenvalue weighted by Gasteiger charge is -2.34. The van der Waals surface area contributed by atoms with Crippen molar-refractivity contribution in [3.05, 3.63) is 50.8 Å². The average Bonchev–Trinajstić information content (AvgIpc) is 2.94. The Kier molecular flexibility index (Phi) is 4.81. The first kappa shape index (κ1) is 17.8. The van der Waals surface area contributed by atoms with E-state index in [2.05, 4.69) is 4.98 Å². The molecule has 2 aromatic rings. The van der Waals surface area contributed by atoms with Gasteiger partial charge in [-0.15, -0.1) is 0 Å². The van der Waals surface area contributed by atoms with Crippen LogP contribution in [0.25, 0.3) is 0 Å². The van der Waals surface area contributed by atoms with Gasteiger partial charge in [0.15, 0.2) is 4.21 Å². The van der Waals surface area contributed by atoms with Gasteiger partial charge in [0, 0.05) is 37.4 Å². The van der Waals surface area contributed by atoms with Gasteiger partial charge in [0.25, 0.3) is 15.9 Å². The molecular formula is C16H19N3O4S2. The van der Waals surface area contributed by atoms with Crippen LogP contribution in [0.2, 0.25) is 0 Å². The smallest absolute Gasteiger partial charge is 0.305 e. The number of nitrogens with one attached hydrogen (secondary N) is 1. The van der Waals surface area contributed by atoms with Crippen molar-refractivity contribution in [3.63, 3.8) is 0 Å². The second kappa shape index (κ2) is 6.74. The Labute approximate surface area is 150 Å². The molecule has 0 radical (unpaired) electrons. The van der Waals surface area contributed by atoms with Crippen LogP contribution in [0.3, 0.4) is 0 Å². The molecule has 1 fully saturated rings. The lowest BCUT2D eigenvalue weighted by molar-refractivity contribution is 0.0697. The molecule has 1 N–H and O–H groups in total. The standard InChI is InChI=1S/C16H19N3O4S2/c1-11-5-3-4-6-13(11)14(20)18-7-9-19(10-8-18)25(22,23)15-12(2)17-16(21)24-15/h3-6H,7-10H2,1-2H3,(H,17,21). The fourth-order valence-corrected chi connectivity index (χ4v) is 5.73. The predicted molar refractivity (Wildman–Crippen MR) is 95.5 cm³/mol. The molecule has 0 aliphatic carbocycles. The third kappa shape index (κ3) is 3.39. The van der Waals surface area contributed by atoms with Crippen LogP contribution < -0.4 is 4.87 Å². The lowest BCUT2D eigenvalue weighted by Crippen LogP contribution is -2.50. The van der Waals surface area contributed by atoms with Crippen molar-refractivity contribution >= 4 is 27.3 Å². The van der Waals surface area contributed by atoms with Crippen molar-refractivity contribution in [2.75, 3.05) is 26.2 Å². The van der Waals surface area contributed by atoms with Crippen LogP contribution >= 0.6 is 11.3 Å². The summed E-state index contributed by atoms with van der Waals surface area (Å²) >= 11 is 0.700. The number of piperazine rings is 1. The third-order valence-corrected chi connectivity index (χ3v) is 7.74.